The lowest BCUT2D eigenvalue weighted by Gasteiger charge is -2.35. The van der Waals surface area contributed by atoms with Crippen molar-refractivity contribution in [1.82, 2.24) is 20.2 Å². The average Bonchev–Trinajstić information content (AvgIpc) is 3.18. The van der Waals surface area contributed by atoms with E-state index in [1.807, 2.05) is 6.07 Å². The highest BCUT2D eigenvalue weighted by Gasteiger charge is 2.28. The van der Waals surface area contributed by atoms with Gasteiger partial charge in [0, 0.05) is 49.6 Å². The summed E-state index contributed by atoms with van der Waals surface area (Å²) >= 11 is 0. The Balaban J connectivity index is 1.45. The van der Waals surface area contributed by atoms with E-state index in [0.717, 1.165) is 51.1 Å². The van der Waals surface area contributed by atoms with E-state index in [4.69, 9.17) is 0 Å². The number of carbonyl (C=O) groups excluding carboxylic acids is 1. The van der Waals surface area contributed by atoms with Crippen molar-refractivity contribution >= 4 is 29.6 Å². The lowest BCUT2D eigenvalue weighted by molar-refractivity contribution is -0.110. The molecule has 0 bridgehead atoms. The van der Waals surface area contributed by atoms with Gasteiger partial charge in [0.25, 0.3) is 0 Å². The first-order valence-electron chi connectivity index (χ1n) is 10.8. The van der Waals surface area contributed by atoms with Crippen molar-refractivity contribution in [2.45, 2.75) is 38.3 Å². The number of benzene rings is 1. The van der Waals surface area contributed by atoms with Crippen molar-refractivity contribution in [3.63, 3.8) is 0 Å². The third kappa shape index (κ3) is 5.04. The van der Waals surface area contributed by atoms with Crippen LogP contribution in [0.1, 0.15) is 24.8 Å². The minimum atomic E-state index is -0.510. The van der Waals surface area contributed by atoms with Gasteiger partial charge in [-0.3, -0.25) is 4.79 Å². The summed E-state index contributed by atoms with van der Waals surface area (Å²) in [5.41, 5.74) is 3.26. The van der Waals surface area contributed by atoms with Gasteiger partial charge in [-0.15, -0.1) is 0 Å². The molecule has 9 heteroatoms. The molecular weight excluding hydrogens is 397 g/mol. The Morgan fingerprint density at radius 3 is 2.68 bits per heavy atom. The van der Waals surface area contributed by atoms with Gasteiger partial charge < -0.3 is 25.8 Å². The Bertz CT molecular complexity index is 917. The van der Waals surface area contributed by atoms with Gasteiger partial charge in [-0.2, -0.15) is 4.98 Å². The fourth-order valence-electron chi connectivity index (χ4n) is 4.39. The van der Waals surface area contributed by atoms with Gasteiger partial charge in [-0.1, -0.05) is 0 Å². The molecule has 1 saturated carbocycles. The lowest BCUT2D eigenvalue weighted by atomic mass is 10.1. The van der Waals surface area contributed by atoms with E-state index >= 15 is 0 Å². The molecule has 1 aromatic heterocycles. The smallest absolute Gasteiger partial charge is 0.229 e. The Kier molecular flexibility index (Phi) is 6.50. The molecule has 0 radical (unpaired) electrons. The molecule has 3 N–H and O–H groups in total. The molecule has 0 spiro atoms. The minimum Gasteiger partial charge on any atom is -0.369 e. The SMILES string of the molecule is Cc1cc(Nc2ncc(F)c(N[C@@H]3CCC[C@@H]3NC=O)n2)ccc1N1CCN(C)CC1. The van der Waals surface area contributed by atoms with Crippen LogP contribution in [-0.4, -0.2) is 66.6 Å². The van der Waals surface area contributed by atoms with Gasteiger partial charge in [0.05, 0.1) is 6.20 Å². The molecule has 1 amide bonds. The van der Waals surface area contributed by atoms with Crippen LogP contribution in [0.25, 0.3) is 0 Å². The van der Waals surface area contributed by atoms with E-state index in [9.17, 15) is 9.18 Å². The highest BCUT2D eigenvalue weighted by atomic mass is 19.1. The fourth-order valence-corrected chi connectivity index (χ4v) is 4.39. The summed E-state index contributed by atoms with van der Waals surface area (Å²) in [6.07, 6.45) is 4.56. The van der Waals surface area contributed by atoms with Gasteiger partial charge in [-0.25, -0.2) is 9.37 Å². The number of carbonyl (C=O) groups is 1. The van der Waals surface area contributed by atoms with E-state index < -0.39 is 5.82 Å². The normalized spacial score (nSPS) is 21.7. The van der Waals surface area contributed by atoms with Crippen molar-refractivity contribution in [3.8, 4) is 0 Å². The van der Waals surface area contributed by atoms with E-state index in [-0.39, 0.29) is 17.9 Å². The summed E-state index contributed by atoms with van der Waals surface area (Å²) in [5.74, 6) is -0.0367. The molecule has 1 aromatic carbocycles. The Morgan fingerprint density at radius 2 is 1.94 bits per heavy atom. The first-order valence-corrected chi connectivity index (χ1v) is 10.8. The number of hydrogen-bond acceptors (Lipinski definition) is 7. The van der Waals surface area contributed by atoms with Crippen LogP contribution in [0.2, 0.25) is 0 Å². The number of aromatic nitrogens is 2. The van der Waals surface area contributed by atoms with Gasteiger partial charge in [0.1, 0.15) is 0 Å². The summed E-state index contributed by atoms with van der Waals surface area (Å²) in [6.45, 7) is 6.24. The fraction of sp³-hybridized carbons (Fsp3) is 0.500. The van der Waals surface area contributed by atoms with Crippen LogP contribution in [0, 0.1) is 12.7 Å². The molecule has 8 nitrogen and oxygen atoms in total. The second-order valence-electron chi connectivity index (χ2n) is 8.38. The van der Waals surface area contributed by atoms with Crippen molar-refractivity contribution in [2.24, 2.45) is 0 Å². The second-order valence-corrected chi connectivity index (χ2v) is 8.38. The molecule has 2 aliphatic rings. The van der Waals surface area contributed by atoms with E-state index in [2.05, 4.69) is 61.8 Å². The third-order valence-electron chi connectivity index (χ3n) is 6.16. The highest BCUT2D eigenvalue weighted by Crippen LogP contribution is 2.27. The largest absolute Gasteiger partial charge is 0.369 e. The molecule has 1 aliphatic heterocycles. The van der Waals surface area contributed by atoms with Gasteiger partial charge in [-0.05, 0) is 57.0 Å². The minimum absolute atomic E-state index is 0.0203. The molecule has 1 saturated heterocycles. The van der Waals surface area contributed by atoms with E-state index in [1.54, 1.807) is 0 Å². The predicted octanol–water partition coefficient (Wildman–Crippen LogP) is 2.50. The molecule has 2 fully saturated rings. The Labute approximate surface area is 182 Å². The second kappa shape index (κ2) is 9.47. The van der Waals surface area contributed by atoms with Crippen LogP contribution < -0.4 is 20.9 Å². The van der Waals surface area contributed by atoms with Gasteiger partial charge in [0.2, 0.25) is 12.4 Å². The van der Waals surface area contributed by atoms with Crippen LogP contribution in [0.15, 0.2) is 24.4 Å². The summed E-state index contributed by atoms with van der Waals surface area (Å²) in [5, 5.41) is 9.12. The molecule has 166 valence electrons. The maximum atomic E-state index is 14.3. The summed E-state index contributed by atoms with van der Waals surface area (Å²) in [7, 11) is 2.15. The number of anilines is 4. The number of rotatable bonds is 7. The Morgan fingerprint density at radius 1 is 1.16 bits per heavy atom. The molecule has 1 aliphatic carbocycles. The number of amides is 1. The van der Waals surface area contributed by atoms with Crippen LogP contribution >= 0.6 is 0 Å². The zero-order valence-corrected chi connectivity index (χ0v) is 18.1. The zero-order chi connectivity index (χ0) is 21.8. The van der Waals surface area contributed by atoms with Crippen LogP contribution in [0.4, 0.5) is 27.5 Å². The van der Waals surface area contributed by atoms with Crippen LogP contribution in [-0.2, 0) is 4.79 Å². The number of nitrogens with zero attached hydrogens (tertiary/aromatic N) is 4. The quantitative estimate of drug-likeness (QED) is 0.586. The standard InChI is InChI=1S/C22H30FN7O/c1-15-12-16(6-7-20(15)30-10-8-29(2)9-11-30)26-22-24-13-17(23)21(28-22)27-19-5-3-4-18(19)25-14-31/h6-7,12-14,18-19H,3-5,8-11H2,1-2H3,(H,25,31)(H2,24,26,27,28)/t18-,19+/m0/s1. The maximum Gasteiger partial charge on any atom is 0.229 e. The predicted molar refractivity (Wildman–Crippen MR) is 120 cm³/mol. The maximum absolute atomic E-state index is 14.3. The van der Waals surface area contributed by atoms with Crippen LogP contribution in [0.3, 0.4) is 0 Å². The molecule has 31 heavy (non-hydrogen) atoms. The first-order chi connectivity index (χ1) is 15.0. The molecule has 2 atom stereocenters. The zero-order valence-electron chi connectivity index (χ0n) is 18.1. The van der Waals surface area contributed by atoms with Crippen molar-refractivity contribution < 1.29 is 9.18 Å². The van der Waals surface area contributed by atoms with Gasteiger partial charge in [0.15, 0.2) is 11.6 Å². The highest BCUT2D eigenvalue weighted by molar-refractivity contribution is 5.64. The van der Waals surface area contributed by atoms with Crippen molar-refractivity contribution in [2.75, 3.05) is 48.8 Å². The summed E-state index contributed by atoms with van der Waals surface area (Å²) < 4.78 is 14.3. The topological polar surface area (TPSA) is 85.4 Å². The number of likely N-dealkylation sites (N-methyl/N-ethyl adjacent to an activating group) is 1. The molecule has 0 unspecified atom stereocenters. The molecule has 2 aromatic rings. The average molecular weight is 428 g/mol. The van der Waals surface area contributed by atoms with E-state index in [1.165, 1.54) is 17.4 Å². The number of piperazine rings is 1. The summed E-state index contributed by atoms with van der Waals surface area (Å²) in [4.78, 5) is 24.0. The first kappa shape index (κ1) is 21.3. The van der Waals surface area contributed by atoms with Crippen molar-refractivity contribution in [3.05, 3.63) is 35.8 Å². The molecular formula is C22H30FN7O. The van der Waals surface area contributed by atoms with Crippen LogP contribution in [0.5, 0.6) is 0 Å². The monoisotopic (exact) mass is 427 g/mol. The van der Waals surface area contributed by atoms with Gasteiger partial charge >= 0.3 is 0 Å². The number of nitrogens with one attached hydrogen (secondary N) is 3. The van der Waals surface area contributed by atoms with Crippen molar-refractivity contribution in [1.29, 1.82) is 0 Å². The summed E-state index contributed by atoms with van der Waals surface area (Å²) in [6, 6.07) is 6.11. The Hall–Kier alpha value is -2.94. The number of hydrogen-bond donors (Lipinski definition) is 3. The lowest BCUT2D eigenvalue weighted by Crippen LogP contribution is -2.44. The van der Waals surface area contributed by atoms with E-state index in [0.29, 0.717) is 12.4 Å². The number of aryl methyl sites for hydroxylation is 1. The number of halogens is 1. The molecule has 4 rings (SSSR count). The molecule has 2 heterocycles. The third-order valence-corrected chi connectivity index (χ3v) is 6.16.